The summed E-state index contributed by atoms with van der Waals surface area (Å²) in [5.41, 5.74) is 1.29. The van der Waals surface area contributed by atoms with Gasteiger partial charge in [0.05, 0.1) is 0 Å². The van der Waals surface area contributed by atoms with Crippen LogP contribution in [0.4, 0.5) is 0 Å². The van der Waals surface area contributed by atoms with E-state index in [2.05, 4.69) is 29.4 Å². The highest BCUT2D eigenvalue weighted by molar-refractivity contribution is 5.92. The zero-order valence-corrected chi connectivity index (χ0v) is 11.4. The third-order valence-corrected chi connectivity index (χ3v) is 3.24. The minimum absolute atomic E-state index is 0.247. The standard InChI is InChI=1S/C16H18N2O2/c1-12(13-6-3-2-4-7-13)10-11-17-16(20)14-8-5-9-15(19)18-14/h2-9,12H,10-11H2,1H3,(H,17,20)(H,18,19). The van der Waals surface area contributed by atoms with Crippen molar-refractivity contribution in [3.63, 3.8) is 0 Å². The van der Waals surface area contributed by atoms with Gasteiger partial charge in [-0.05, 0) is 24.0 Å². The summed E-state index contributed by atoms with van der Waals surface area (Å²) in [6.45, 7) is 2.71. The maximum absolute atomic E-state index is 11.8. The lowest BCUT2D eigenvalue weighted by Crippen LogP contribution is -2.27. The molecule has 0 aliphatic rings. The summed E-state index contributed by atoms with van der Waals surface area (Å²) in [6, 6.07) is 14.7. The zero-order valence-electron chi connectivity index (χ0n) is 11.4. The fourth-order valence-electron chi connectivity index (χ4n) is 2.03. The molecule has 1 amide bonds. The molecule has 2 rings (SSSR count). The number of aromatic amines is 1. The van der Waals surface area contributed by atoms with Crippen LogP contribution in [0.1, 0.15) is 35.3 Å². The Morgan fingerprint density at radius 2 is 1.90 bits per heavy atom. The number of pyridine rings is 1. The number of H-pyrrole nitrogens is 1. The minimum atomic E-state index is -0.268. The topological polar surface area (TPSA) is 62.0 Å². The number of hydrogen-bond donors (Lipinski definition) is 2. The van der Waals surface area contributed by atoms with Crippen LogP contribution >= 0.6 is 0 Å². The Labute approximate surface area is 117 Å². The summed E-state index contributed by atoms with van der Waals surface area (Å²) in [4.78, 5) is 25.5. The van der Waals surface area contributed by atoms with Crippen molar-refractivity contribution >= 4 is 5.91 Å². The Balaban J connectivity index is 1.84. The van der Waals surface area contributed by atoms with Gasteiger partial charge >= 0.3 is 0 Å². The van der Waals surface area contributed by atoms with Crippen molar-refractivity contribution in [2.45, 2.75) is 19.3 Å². The molecular formula is C16H18N2O2. The molecule has 0 radical (unpaired) electrons. The smallest absolute Gasteiger partial charge is 0.267 e. The first-order chi connectivity index (χ1) is 9.66. The Hall–Kier alpha value is -2.36. The van der Waals surface area contributed by atoms with Gasteiger partial charge in [0.2, 0.25) is 5.56 Å². The van der Waals surface area contributed by atoms with Crippen molar-refractivity contribution in [3.05, 3.63) is 70.1 Å². The predicted octanol–water partition coefficient (Wildman–Crippen LogP) is 2.30. The minimum Gasteiger partial charge on any atom is -0.351 e. The van der Waals surface area contributed by atoms with Crippen LogP contribution in [0.25, 0.3) is 0 Å². The van der Waals surface area contributed by atoms with E-state index in [9.17, 15) is 9.59 Å². The van der Waals surface area contributed by atoms with Crippen molar-refractivity contribution in [3.8, 4) is 0 Å². The Morgan fingerprint density at radius 3 is 2.60 bits per heavy atom. The molecule has 0 aliphatic carbocycles. The molecule has 0 saturated heterocycles. The van der Waals surface area contributed by atoms with E-state index in [-0.39, 0.29) is 11.5 Å². The summed E-state index contributed by atoms with van der Waals surface area (Å²) >= 11 is 0. The molecule has 1 heterocycles. The average molecular weight is 270 g/mol. The number of benzene rings is 1. The second kappa shape index (κ2) is 6.70. The molecule has 0 saturated carbocycles. The molecular weight excluding hydrogens is 252 g/mol. The van der Waals surface area contributed by atoms with Crippen LogP contribution in [0.3, 0.4) is 0 Å². The third-order valence-electron chi connectivity index (χ3n) is 3.24. The number of aromatic nitrogens is 1. The summed E-state index contributed by atoms with van der Waals surface area (Å²) in [7, 11) is 0. The third kappa shape index (κ3) is 3.82. The maximum atomic E-state index is 11.8. The van der Waals surface area contributed by atoms with E-state index in [1.807, 2.05) is 18.2 Å². The molecule has 0 spiro atoms. The van der Waals surface area contributed by atoms with Gasteiger partial charge in [0.1, 0.15) is 5.69 Å². The number of nitrogens with one attached hydrogen (secondary N) is 2. The Bertz CT molecular complexity index is 620. The maximum Gasteiger partial charge on any atom is 0.267 e. The quantitative estimate of drug-likeness (QED) is 0.875. The number of carbonyl (C=O) groups is 1. The van der Waals surface area contributed by atoms with Crippen LogP contribution < -0.4 is 10.9 Å². The fraction of sp³-hybridized carbons (Fsp3) is 0.250. The first-order valence-corrected chi connectivity index (χ1v) is 6.69. The van der Waals surface area contributed by atoms with Gasteiger partial charge in [-0.1, -0.05) is 43.3 Å². The van der Waals surface area contributed by atoms with Crippen molar-refractivity contribution in [2.75, 3.05) is 6.54 Å². The Morgan fingerprint density at radius 1 is 1.15 bits per heavy atom. The van der Waals surface area contributed by atoms with Gasteiger partial charge in [0.15, 0.2) is 0 Å². The highest BCUT2D eigenvalue weighted by atomic mass is 16.2. The lowest BCUT2D eigenvalue weighted by Gasteiger charge is -2.12. The van der Waals surface area contributed by atoms with E-state index in [0.29, 0.717) is 18.2 Å². The molecule has 0 aliphatic heterocycles. The van der Waals surface area contributed by atoms with E-state index in [0.717, 1.165) is 6.42 Å². The van der Waals surface area contributed by atoms with Gasteiger partial charge in [0.25, 0.3) is 5.91 Å². The highest BCUT2D eigenvalue weighted by Gasteiger charge is 2.08. The monoisotopic (exact) mass is 270 g/mol. The molecule has 4 nitrogen and oxygen atoms in total. The van der Waals surface area contributed by atoms with E-state index in [1.165, 1.54) is 11.6 Å². The molecule has 104 valence electrons. The van der Waals surface area contributed by atoms with Crippen LogP contribution in [0, 0.1) is 0 Å². The van der Waals surface area contributed by atoms with Crippen LogP contribution in [0.15, 0.2) is 53.3 Å². The van der Waals surface area contributed by atoms with Crippen LogP contribution in [0.2, 0.25) is 0 Å². The van der Waals surface area contributed by atoms with E-state index in [4.69, 9.17) is 0 Å². The van der Waals surface area contributed by atoms with Gasteiger partial charge in [-0.3, -0.25) is 9.59 Å². The lowest BCUT2D eigenvalue weighted by molar-refractivity contribution is 0.0947. The predicted molar refractivity (Wildman–Crippen MR) is 78.9 cm³/mol. The molecule has 1 aromatic carbocycles. The molecule has 0 fully saturated rings. The summed E-state index contributed by atoms with van der Waals surface area (Å²) in [6.07, 6.45) is 0.854. The molecule has 1 unspecified atom stereocenters. The molecule has 1 aromatic heterocycles. The molecule has 0 bridgehead atoms. The van der Waals surface area contributed by atoms with Gasteiger partial charge in [0, 0.05) is 12.6 Å². The van der Waals surface area contributed by atoms with Gasteiger partial charge in [-0.15, -0.1) is 0 Å². The van der Waals surface area contributed by atoms with Crippen molar-refractivity contribution in [1.29, 1.82) is 0 Å². The van der Waals surface area contributed by atoms with Gasteiger partial charge in [-0.2, -0.15) is 0 Å². The van der Waals surface area contributed by atoms with Crippen molar-refractivity contribution in [2.24, 2.45) is 0 Å². The van der Waals surface area contributed by atoms with Crippen LogP contribution in [-0.4, -0.2) is 17.4 Å². The number of rotatable bonds is 5. The molecule has 2 aromatic rings. The summed E-state index contributed by atoms with van der Waals surface area (Å²) in [5.74, 6) is 0.134. The first kappa shape index (κ1) is 14.1. The van der Waals surface area contributed by atoms with Crippen LogP contribution in [-0.2, 0) is 0 Å². The highest BCUT2D eigenvalue weighted by Crippen LogP contribution is 2.17. The number of amides is 1. The average Bonchev–Trinajstić information content (AvgIpc) is 2.48. The van der Waals surface area contributed by atoms with Gasteiger partial charge < -0.3 is 10.3 Å². The Kier molecular flexibility index (Phi) is 4.71. The molecule has 1 atom stereocenters. The van der Waals surface area contributed by atoms with Gasteiger partial charge in [-0.25, -0.2) is 0 Å². The molecule has 4 heteroatoms. The van der Waals surface area contributed by atoms with E-state index in [1.54, 1.807) is 12.1 Å². The normalized spacial score (nSPS) is 11.8. The van der Waals surface area contributed by atoms with Crippen molar-refractivity contribution < 1.29 is 4.79 Å². The van der Waals surface area contributed by atoms with E-state index >= 15 is 0 Å². The SMILES string of the molecule is CC(CCNC(=O)c1cccc(=O)[nH]1)c1ccccc1. The summed E-state index contributed by atoms with van der Waals surface area (Å²) in [5, 5.41) is 2.82. The number of carbonyl (C=O) groups excluding carboxylic acids is 1. The van der Waals surface area contributed by atoms with Crippen molar-refractivity contribution in [1.82, 2.24) is 10.3 Å². The number of hydrogen-bond acceptors (Lipinski definition) is 2. The van der Waals surface area contributed by atoms with E-state index < -0.39 is 0 Å². The largest absolute Gasteiger partial charge is 0.351 e. The second-order valence-electron chi connectivity index (χ2n) is 4.79. The lowest BCUT2D eigenvalue weighted by atomic mass is 9.98. The molecule has 2 N–H and O–H groups in total. The second-order valence-corrected chi connectivity index (χ2v) is 4.79. The zero-order chi connectivity index (χ0) is 14.4. The van der Waals surface area contributed by atoms with Crippen LogP contribution in [0.5, 0.6) is 0 Å². The molecule has 20 heavy (non-hydrogen) atoms. The fourth-order valence-corrected chi connectivity index (χ4v) is 2.03. The first-order valence-electron chi connectivity index (χ1n) is 6.69. The summed E-state index contributed by atoms with van der Waals surface area (Å²) < 4.78 is 0.